The molecule has 8 nitrogen and oxygen atoms in total. The SMILES string of the molecule is CC(C)[C@H](NS(=O)(=O)c1ccccc1)C(=O)OCC(=O)Nc1ccccc1OC(F)F. The van der Waals surface area contributed by atoms with Crippen molar-refractivity contribution in [3.63, 3.8) is 0 Å². The van der Waals surface area contributed by atoms with Gasteiger partial charge < -0.3 is 14.8 Å². The van der Waals surface area contributed by atoms with Crippen LogP contribution in [0.4, 0.5) is 14.5 Å². The van der Waals surface area contributed by atoms with Gasteiger partial charge in [0.1, 0.15) is 11.8 Å². The molecule has 31 heavy (non-hydrogen) atoms. The number of benzene rings is 2. The summed E-state index contributed by atoms with van der Waals surface area (Å²) in [7, 11) is -3.99. The fourth-order valence-corrected chi connectivity index (χ4v) is 3.83. The lowest BCUT2D eigenvalue weighted by molar-refractivity contribution is -0.150. The lowest BCUT2D eigenvalue weighted by atomic mass is 10.1. The van der Waals surface area contributed by atoms with Gasteiger partial charge in [0.2, 0.25) is 10.0 Å². The van der Waals surface area contributed by atoms with Gasteiger partial charge in [-0.1, -0.05) is 44.2 Å². The highest BCUT2D eigenvalue weighted by molar-refractivity contribution is 7.89. The lowest BCUT2D eigenvalue weighted by Crippen LogP contribution is -2.45. The van der Waals surface area contributed by atoms with Gasteiger partial charge in [0.25, 0.3) is 5.91 Å². The quantitative estimate of drug-likeness (QED) is 0.532. The van der Waals surface area contributed by atoms with Gasteiger partial charge in [0.15, 0.2) is 6.61 Å². The third-order valence-corrected chi connectivity index (χ3v) is 5.44. The highest BCUT2D eigenvalue weighted by Crippen LogP contribution is 2.25. The Kier molecular flexibility index (Phi) is 8.46. The molecule has 0 aromatic heterocycles. The smallest absolute Gasteiger partial charge is 0.387 e. The Hall–Kier alpha value is -3.05. The largest absolute Gasteiger partial charge is 0.454 e. The van der Waals surface area contributed by atoms with Crippen molar-refractivity contribution < 1.29 is 36.3 Å². The van der Waals surface area contributed by atoms with Crippen LogP contribution in [0.3, 0.4) is 0 Å². The Morgan fingerprint density at radius 1 is 1.00 bits per heavy atom. The third kappa shape index (κ3) is 7.30. The van der Waals surface area contributed by atoms with Gasteiger partial charge in [-0.3, -0.25) is 9.59 Å². The molecule has 0 aliphatic heterocycles. The molecule has 0 aliphatic rings. The molecule has 1 atom stereocenters. The molecule has 11 heteroatoms. The van der Waals surface area contributed by atoms with Crippen LogP contribution < -0.4 is 14.8 Å². The summed E-state index contributed by atoms with van der Waals surface area (Å²) in [6, 6.07) is 11.7. The van der Waals surface area contributed by atoms with E-state index in [9.17, 15) is 26.8 Å². The summed E-state index contributed by atoms with van der Waals surface area (Å²) >= 11 is 0. The summed E-state index contributed by atoms with van der Waals surface area (Å²) in [5, 5.41) is 2.30. The summed E-state index contributed by atoms with van der Waals surface area (Å²) < 4.78 is 61.4. The second-order valence-corrected chi connectivity index (χ2v) is 8.40. The lowest BCUT2D eigenvalue weighted by Gasteiger charge is -2.20. The van der Waals surface area contributed by atoms with E-state index in [1.54, 1.807) is 19.9 Å². The van der Waals surface area contributed by atoms with Gasteiger partial charge in [-0.2, -0.15) is 13.5 Å². The highest BCUT2D eigenvalue weighted by atomic mass is 32.2. The minimum atomic E-state index is -3.99. The monoisotopic (exact) mass is 456 g/mol. The van der Waals surface area contributed by atoms with Gasteiger partial charge in [0.05, 0.1) is 10.6 Å². The highest BCUT2D eigenvalue weighted by Gasteiger charge is 2.30. The fourth-order valence-electron chi connectivity index (χ4n) is 2.47. The minimum absolute atomic E-state index is 0.0261. The van der Waals surface area contributed by atoms with Crippen molar-refractivity contribution in [2.45, 2.75) is 31.4 Å². The van der Waals surface area contributed by atoms with Crippen LogP contribution in [0.15, 0.2) is 59.5 Å². The average molecular weight is 456 g/mol. The first-order chi connectivity index (χ1) is 14.6. The van der Waals surface area contributed by atoms with Crippen molar-refractivity contribution in [3.05, 3.63) is 54.6 Å². The topological polar surface area (TPSA) is 111 Å². The van der Waals surface area contributed by atoms with Crippen molar-refractivity contribution in [2.75, 3.05) is 11.9 Å². The van der Waals surface area contributed by atoms with Crippen LogP contribution in [0.2, 0.25) is 0 Å². The molecule has 0 spiro atoms. The molecule has 2 rings (SSSR count). The van der Waals surface area contributed by atoms with Crippen molar-refractivity contribution in [1.82, 2.24) is 4.72 Å². The van der Waals surface area contributed by atoms with E-state index in [4.69, 9.17) is 4.74 Å². The van der Waals surface area contributed by atoms with Crippen LogP contribution in [-0.4, -0.2) is 39.6 Å². The maximum atomic E-state index is 12.5. The Labute approximate surface area is 178 Å². The number of para-hydroxylation sites is 2. The number of hydrogen-bond acceptors (Lipinski definition) is 6. The predicted molar refractivity (Wildman–Crippen MR) is 108 cm³/mol. The molecule has 1 amide bonds. The molecule has 0 heterocycles. The predicted octanol–water partition coefficient (Wildman–Crippen LogP) is 2.77. The summed E-state index contributed by atoms with van der Waals surface area (Å²) in [5.41, 5.74) is -0.0333. The van der Waals surface area contributed by atoms with Crippen LogP contribution in [0.1, 0.15) is 13.8 Å². The van der Waals surface area contributed by atoms with E-state index in [2.05, 4.69) is 14.8 Å². The van der Waals surface area contributed by atoms with E-state index >= 15 is 0 Å². The Morgan fingerprint density at radius 3 is 2.23 bits per heavy atom. The van der Waals surface area contributed by atoms with E-state index in [0.717, 1.165) is 0 Å². The second-order valence-electron chi connectivity index (χ2n) is 6.69. The number of rotatable bonds is 10. The molecular formula is C20H22F2N2O6S. The number of carbonyl (C=O) groups is 2. The second kappa shape index (κ2) is 10.8. The molecule has 0 saturated carbocycles. The molecule has 168 valence electrons. The van der Waals surface area contributed by atoms with Gasteiger partial charge in [-0.25, -0.2) is 8.42 Å². The van der Waals surface area contributed by atoms with Gasteiger partial charge in [-0.15, -0.1) is 0 Å². The van der Waals surface area contributed by atoms with Crippen molar-refractivity contribution >= 4 is 27.6 Å². The number of amides is 1. The maximum Gasteiger partial charge on any atom is 0.387 e. The van der Waals surface area contributed by atoms with Crippen LogP contribution in [0.25, 0.3) is 0 Å². The van der Waals surface area contributed by atoms with Crippen LogP contribution >= 0.6 is 0 Å². The summed E-state index contributed by atoms with van der Waals surface area (Å²) in [6.07, 6.45) is 0. The number of sulfonamides is 1. The Bertz CT molecular complexity index is 1000. The first-order valence-corrected chi connectivity index (χ1v) is 10.7. The number of carbonyl (C=O) groups excluding carboxylic acids is 2. The van der Waals surface area contributed by atoms with E-state index in [0.29, 0.717) is 0 Å². The van der Waals surface area contributed by atoms with E-state index in [1.807, 2.05) is 0 Å². The van der Waals surface area contributed by atoms with Crippen LogP contribution in [-0.2, 0) is 24.3 Å². The molecule has 0 fully saturated rings. The molecule has 0 radical (unpaired) electrons. The zero-order chi connectivity index (χ0) is 23.0. The van der Waals surface area contributed by atoms with E-state index in [1.165, 1.54) is 48.5 Å². The molecule has 2 N–H and O–H groups in total. The molecule has 0 unspecified atom stereocenters. The molecule has 0 saturated heterocycles. The van der Waals surface area contributed by atoms with Gasteiger partial charge in [0, 0.05) is 0 Å². The van der Waals surface area contributed by atoms with Crippen molar-refractivity contribution in [3.8, 4) is 5.75 Å². The number of anilines is 1. The van der Waals surface area contributed by atoms with E-state index in [-0.39, 0.29) is 16.3 Å². The molecule has 0 aliphatic carbocycles. The standard InChI is InChI=1S/C20H22F2N2O6S/c1-13(2)18(24-31(27,28)14-8-4-3-5-9-14)19(26)29-12-17(25)23-15-10-6-7-11-16(15)30-20(21)22/h3-11,13,18,20,24H,12H2,1-2H3,(H,23,25)/t18-/m0/s1. The fraction of sp³-hybridized carbons (Fsp3) is 0.300. The van der Waals surface area contributed by atoms with Crippen molar-refractivity contribution in [2.24, 2.45) is 5.92 Å². The first kappa shape index (κ1) is 24.2. The number of hydrogen-bond donors (Lipinski definition) is 2. The minimum Gasteiger partial charge on any atom is -0.454 e. The summed E-state index contributed by atoms with van der Waals surface area (Å²) in [4.78, 5) is 24.5. The van der Waals surface area contributed by atoms with Gasteiger partial charge >= 0.3 is 12.6 Å². The Balaban J connectivity index is 2.00. The normalized spacial score (nSPS) is 12.5. The van der Waals surface area contributed by atoms with Crippen molar-refractivity contribution in [1.29, 1.82) is 0 Å². The van der Waals surface area contributed by atoms with Crippen LogP contribution in [0, 0.1) is 5.92 Å². The zero-order valence-electron chi connectivity index (χ0n) is 16.7. The molecule has 0 bridgehead atoms. The maximum absolute atomic E-state index is 12.5. The number of nitrogens with one attached hydrogen (secondary N) is 2. The Morgan fingerprint density at radius 2 is 1.61 bits per heavy atom. The average Bonchev–Trinajstić information content (AvgIpc) is 2.72. The molecule has 2 aromatic carbocycles. The van der Waals surface area contributed by atoms with E-state index < -0.39 is 47.1 Å². The molecular weight excluding hydrogens is 434 g/mol. The van der Waals surface area contributed by atoms with Crippen LogP contribution in [0.5, 0.6) is 5.75 Å². The third-order valence-electron chi connectivity index (χ3n) is 3.98. The first-order valence-electron chi connectivity index (χ1n) is 9.18. The zero-order valence-corrected chi connectivity index (χ0v) is 17.6. The summed E-state index contributed by atoms with van der Waals surface area (Å²) in [5.74, 6) is -2.50. The number of alkyl halides is 2. The van der Waals surface area contributed by atoms with Gasteiger partial charge in [-0.05, 0) is 30.2 Å². The number of ether oxygens (including phenoxy) is 2. The summed E-state index contributed by atoms with van der Waals surface area (Å²) in [6.45, 7) is -0.618. The number of halogens is 2. The molecule has 2 aromatic rings. The number of esters is 1.